The molecule has 0 radical (unpaired) electrons. The van der Waals surface area contributed by atoms with E-state index in [9.17, 15) is 4.79 Å². The summed E-state index contributed by atoms with van der Waals surface area (Å²) in [6, 6.07) is 0. The molecule has 0 amide bonds. The quantitative estimate of drug-likeness (QED) is 0.546. The fourth-order valence-corrected chi connectivity index (χ4v) is 7.92. The third-order valence-corrected chi connectivity index (χ3v) is 9.86. The van der Waals surface area contributed by atoms with Crippen molar-refractivity contribution < 1.29 is 4.79 Å². The Labute approximate surface area is 143 Å². The van der Waals surface area contributed by atoms with E-state index < -0.39 is 0 Å². The van der Waals surface area contributed by atoms with Gasteiger partial charge in [0.25, 0.3) is 0 Å². The summed E-state index contributed by atoms with van der Waals surface area (Å²) in [6.07, 6.45) is 9.96. The van der Waals surface area contributed by atoms with Gasteiger partial charge in [0.15, 0.2) is 0 Å². The molecule has 4 aliphatic rings. The summed E-state index contributed by atoms with van der Waals surface area (Å²) < 4.78 is 0. The number of ketones is 1. The van der Waals surface area contributed by atoms with Crippen molar-refractivity contribution in [1.82, 2.24) is 0 Å². The lowest BCUT2D eigenvalue weighted by atomic mass is 9.42. The molecule has 0 aromatic heterocycles. The van der Waals surface area contributed by atoms with E-state index in [-0.39, 0.29) is 0 Å². The fraction of sp³-hybridized carbons (Fsp3) is 0.955. The molecule has 0 aromatic rings. The molecule has 0 spiro atoms. The summed E-state index contributed by atoms with van der Waals surface area (Å²) in [7, 11) is 0. The summed E-state index contributed by atoms with van der Waals surface area (Å²) in [5.74, 6) is 4.78. The highest BCUT2D eigenvalue weighted by Gasteiger charge is 2.63. The second-order valence-corrected chi connectivity index (χ2v) is 10.8. The number of Topliss-reactive ketones (excluding diaryl/α,β-unsaturated/α-hetero) is 1. The molecule has 4 saturated carbocycles. The minimum Gasteiger partial charge on any atom is -0.300 e. The molecule has 0 N–H and O–H groups in total. The van der Waals surface area contributed by atoms with Gasteiger partial charge in [-0.05, 0) is 84.4 Å². The van der Waals surface area contributed by atoms with E-state index in [0.29, 0.717) is 27.9 Å². The van der Waals surface area contributed by atoms with Crippen LogP contribution in [0.2, 0.25) is 0 Å². The Morgan fingerprint density at radius 1 is 0.957 bits per heavy atom. The van der Waals surface area contributed by atoms with E-state index >= 15 is 0 Å². The molecule has 1 heteroatoms. The van der Waals surface area contributed by atoms with Crippen LogP contribution in [0.1, 0.15) is 86.0 Å². The van der Waals surface area contributed by atoms with Gasteiger partial charge in [0.05, 0.1) is 0 Å². The lowest BCUT2D eigenvalue weighted by Gasteiger charge is -2.63. The van der Waals surface area contributed by atoms with Gasteiger partial charge in [-0.25, -0.2) is 0 Å². The average Bonchev–Trinajstić information content (AvgIpc) is 2.72. The molecular weight excluding hydrogens is 280 g/mol. The Balaban J connectivity index is 1.70. The van der Waals surface area contributed by atoms with Crippen molar-refractivity contribution in [2.75, 3.05) is 0 Å². The number of rotatable bonds is 0. The molecule has 0 bridgehead atoms. The van der Waals surface area contributed by atoms with Crippen molar-refractivity contribution in [3.05, 3.63) is 0 Å². The lowest BCUT2D eigenvalue weighted by Crippen LogP contribution is -2.56. The molecular formula is C22H36O. The molecule has 23 heavy (non-hydrogen) atoms. The van der Waals surface area contributed by atoms with Gasteiger partial charge in [-0.3, -0.25) is 4.79 Å². The van der Waals surface area contributed by atoms with Crippen molar-refractivity contribution in [3.8, 4) is 0 Å². The minimum absolute atomic E-state index is 0.457. The SMILES string of the molecule is C[C@@H]1CC2CC(=O)CC[C@]2(C)C2CC[C@@]3(C)C(CCC3(C)C)C21. The Bertz CT molecular complexity index is 520. The van der Waals surface area contributed by atoms with E-state index in [0.717, 1.165) is 36.5 Å². The third-order valence-electron chi connectivity index (χ3n) is 9.86. The van der Waals surface area contributed by atoms with Crippen molar-refractivity contribution in [2.45, 2.75) is 86.0 Å². The smallest absolute Gasteiger partial charge is 0.133 e. The van der Waals surface area contributed by atoms with Crippen molar-refractivity contribution in [2.24, 2.45) is 45.8 Å². The largest absolute Gasteiger partial charge is 0.300 e. The number of carbonyl (C=O) groups excluding carboxylic acids is 1. The highest BCUT2D eigenvalue weighted by atomic mass is 16.1. The van der Waals surface area contributed by atoms with E-state index in [1.54, 1.807) is 0 Å². The second kappa shape index (κ2) is 4.85. The average molecular weight is 317 g/mol. The molecule has 0 aromatic carbocycles. The highest BCUT2D eigenvalue weighted by molar-refractivity contribution is 5.79. The fourth-order valence-electron chi connectivity index (χ4n) is 7.92. The topological polar surface area (TPSA) is 17.1 Å². The number of carbonyl (C=O) groups is 1. The van der Waals surface area contributed by atoms with Crippen LogP contribution in [0.5, 0.6) is 0 Å². The summed E-state index contributed by atoms with van der Waals surface area (Å²) >= 11 is 0. The first-order valence-corrected chi connectivity index (χ1v) is 10.2. The molecule has 4 fully saturated rings. The summed E-state index contributed by atoms with van der Waals surface area (Å²) in [5.41, 5.74) is 1.53. The molecule has 0 saturated heterocycles. The van der Waals surface area contributed by atoms with Crippen LogP contribution >= 0.6 is 0 Å². The first kappa shape index (κ1) is 16.2. The summed E-state index contributed by atoms with van der Waals surface area (Å²) in [4.78, 5) is 12.0. The van der Waals surface area contributed by atoms with Gasteiger partial charge in [-0.1, -0.05) is 34.6 Å². The number of hydrogen-bond donors (Lipinski definition) is 0. The molecule has 4 rings (SSSR count). The van der Waals surface area contributed by atoms with Crippen LogP contribution in [0.3, 0.4) is 0 Å². The van der Waals surface area contributed by atoms with Crippen LogP contribution in [0.15, 0.2) is 0 Å². The third kappa shape index (κ3) is 2.00. The molecule has 0 aliphatic heterocycles. The Kier molecular flexibility index (Phi) is 3.41. The zero-order valence-electron chi connectivity index (χ0n) is 16.0. The lowest BCUT2D eigenvalue weighted by molar-refractivity contribution is -0.153. The van der Waals surface area contributed by atoms with E-state index in [1.165, 1.54) is 38.5 Å². The van der Waals surface area contributed by atoms with Gasteiger partial charge in [0, 0.05) is 12.8 Å². The van der Waals surface area contributed by atoms with Crippen LogP contribution in [0.25, 0.3) is 0 Å². The first-order valence-electron chi connectivity index (χ1n) is 10.2. The van der Waals surface area contributed by atoms with Gasteiger partial charge in [-0.2, -0.15) is 0 Å². The van der Waals surface area contributed by atoms with E-state index in [1.807, 2.05) is 0 Å². The second-order valence-electron chi connectivity index (χ2n) is 10.8. The van der Waals surface area contributed by atoms with Crippen molar-refractivity contribution in [3.63, 3.8) is 0 Å². The van der Waals surface area contributed by atoms with Crippen LogP contribution in [-0.4, -0.2) is 5.78 Å². The van der Waals surface area contributed by atoms with Gasteiger partial charge < -0.3 is 0 Å². The zero-order chi connectivity index (χ0) is 16.6. The van der Waals surface area contributed by atoms with Gasteiger partial charge in [0.1, 0.15) is 5.78 Å². The van der Waals surface area contributed by atoms with Crippen molar-refractivity contribution >= 4 is 5.78 Å². The minimum atomic E-state index is 0.457. The molecule has 130 valence electrons. The van der Waals surface area contributed by atoms with Crippen LogP contribution in [0.4, 0.5) is 0 Å². The maximum Gasteiger partial charge on any atom is 0.133 e. The van der Waals surface area contributed by atoms with E-state index in [2.05, 4.69) is 34.6 Å². The van der Waals surface area contributed by atoms with Crippen LogP contribution in [0, 0.1) is 45.8 Å². The molecule has 4 unspecified atom stereocenters. The summed E-state index contributed by atoms with van der Waals surface area (Å²) in [5, 5.41) is 0. The zero-order valence-corrected chi connectivity index (χ0v) is 16.0. The summed E-state index contributed by atoms with van der Waals surface area (Å²) in [6.45, 7) is 12.8. The molecule has 7 atom stereocenters. The van der Waals surface area contributed by atoms with Gasteiger partial charge in [-0.15, -0.1) is 0 Å². The Hall–Kier alpha value is -0.330. The highest BCUT2D eigenvalue weighted by Crippen LogP contribution is 2.70. The van der Waals surface area contributed by atoms with Crippen LogP contribution in [-0.2, 0) is 4.79 Å². The predicted molar refractivity (Wildman–Crippen MR) is 95.1 cm³/mol. The molecule has 4 aliphatic carbocycles. The van der Waals surface area contributed by atoms with Crippen LogP contribution < -0.4 is 0 Å². The first-order chi connectivity index (χ1) is 10.7. The number of hydrogen-bond acceptors (Lipinski definition) is 1. The van der Waals surface area contributed by atoms with Crippen molar-refractivity contribution in [1.29, 1.82) is 0 Å². The van der Waals surface area contributed by atoms with Gasteiger partial charge in [0.2, 0.25) is 0 Å². The monoisotopic (exact) mass is 316 g/mol. The normalized spacial score (nSPS) is 55.0. The Morgan fingerprint density at radius 2 is 1.65 bits per heavy atom. The standard InChI is InChI=1S/C22H36O/c1-14-12-15-13-16(23)6-10-21(15,4)17-8-11-22(5)18(19(14)17)7-9-20(22,2)3/h14-15,17-19H,6-13H2,1-5H3/t14-,15?,17?,18?,19?,21+,22+/m1/s1. The molecule has 0 heterocycles. The predicted octanol–water partition coefficient (Wildman–Crippen LogP) is 5.87. The maximum absolute atomic E-state index is 12.0. The molecule has 1 nitrogen and oxygen atoms in total. The maximum atomic E-state index is 12.0. The van der Waals surface area contributed by atoms with E-state index in [4.69, 9.17) is 0 Å². The van der Waals surface area contributed by atoms with Gasteiger partial charge >= 0.3 is 0 Å². The number of fused-ring (bicyclic) bond motifs is 5. The Morgan fingerprint density at radius 3 is 2.39 bits per heavy atom.